The van der Waals surface area contributed by atoms with E-state index in [2.05, 4.69) is 13.8 Å². The maximum absolute atomic E-state index is 6.49. The van der Waals surface area contributed by atoms with E-state index < -0.39 is 0 Å². The van der Waals surface area contributed by atoms with Gasteiger partial charge in [-0.3, -0.25) is 0 Å². The molecule has 0 radical (unpaired) electrons. The van der Waals surface area contributed by atoms with Gasteiger partial charge < -0.3 is 5.73 Å². The Kier molecular flexibility index (Phi) is 1.91. The molecule has 0 aromatic carbocycles. The lowest BCUT2D eigenvalue weighted by Gasteiger charge is -2.64. The Bertz CT molecular complexity index is 207. The van der Waals surface area contributed by atoms with E-state index in [4.69, 9.17) is 5.73 Å². The summed E-state index contributed by atoms with van der Waals surface area (Å²) in [6, 6.07) is 0. The molecule has 4 aliphatic carbocycles. The topological polar surface area (TPSA) is 26.0 Å². The van der Waals surface area contributed by atoms with Crippen molar-refractivity contribution in [3.63, 3.8) is 0 Å². The minimum atomic E-state index is 0. The van der Waals surface area contributed by atoms with Crippen molar-refractivity contribution in [1.82, 2.24) is 0 Å². The smallest absolute Gasteiger partial charge is 0.0167 e. The lowest BCUT2D eigenvalue weighted by atomic mass is 9.43. The van der Waals surface area contributed by atoms with Crippen molar-refractivity contribution in [2.24, 2.45) is 22.5 Å². The molecular formula is C13H25N. The summed E-state index contributed by atoms with van der Waals surface area (Å²) in [5.41, 5.74) is 7.92. The first-order valence-electron chi connectivity index (χ1n) is 5.70. The van der Waals surface area contributed by atoms with Gasteiger partial charge in [-0.1, -0.05) is 21.3 Å². The molecular weight excluding hydrogens is 170 g/mol. The lowest BCUT2D eigenvalue weighted by molar-refractivity contribution is -0.104. The van der Waals surface area contributed by atoms with Crippen molar-refractivity contribution < 1.29 is 0 Å². The highest BCUT2D eigenvalue weighted by atomic mass is 14.8. The van der Waals surface area contributed by atoms with Gasteiger partial charge >= 0.3 is 0 Å². The first-order valence-corrected chi connectivity index (χ1v) is 5.70. The Morgan fingerprint density at radius 3 is 1.79 bits per heavy atom. The lowest BCUT2D eigenvalue weighted by Crippen LogP contribution is -2.62. The van der Waals surface area contributed by atoms with Gasteiger partial charge in [-0.05, 0) is 55.3 Å². The van der Waals surface area contributed by atoms with Gasteiger partial charge in [-0.25, -0.2) is 0 Å². The number of rotatable bonds is 0. The highest BCUT2D eigenvalue weighted by Gasteiger charge is 2.58. The normalized spacial score (nSPS) is 59.8. The maximum Gasteiger partial charge on any atom is 0.0167 e. The monoisotopic (exact) mass is 195 g/mol. The third-order valence-electron chi connectivity index (χ3n) is 4.67. The van der Waals surface area contributed by atoms with Gasteiger partial charge in [0.05, 0.1) is 0 Å². The quantitative estimate of drug-likeness (QED) is 0.630. The van der Waals surface area contributed by atoms with Gasteiger partial charge in [0.2, 0.25) is 0 Å². The number of hydrogen-bond donors (Lipinski definition) is 1. The fourth-order valence-corrected chi connectivity index (χ4v) is 5.54. The molecule has 14 heavy (non-hydrogen) atoms. The highest BCUT2D eigenvalue weighted by Crippen LogP contribution is 2.65. The summed E-state index contributed by atoms with van der Waals surface area (Å²) in [7, 11) is 0. The summed E-state index contributed by atoms with van der Waals surface area (Å²) in [5, 5.41) is 0. The molecule has 0 saturated heterocycles. The van der Waals surface area contributed by atoms with Gasteiger partial charge in [0.1, 0.15) is 0 Å². The van der Waals surface area contributed by atoms with Gasteiger partial charge in [-0.15, -0.1) is 0 Å². The highest BCUT2D eigenvalue weighted by molar-refractivity contribution is 5.12. The Hall–Kier alpha value is -0.0400. The molecule has 0 amide bonds. The van der Waals surface area contributed by atoms with Crippen LogP contribution < -0.4 is 5.73 Å². The molecule has 0 spiro atoms. The van der Waals surface area contributed by atoms with Crippen LogP contribution in [0, 0.1) is 16.7 Å². The molecule has 0 aromatic heterocycles. The molecule has 2 unspecified atom stereocenters. The van der Waals surface area contributed by atoms with E-state index in [-0.39, 0.29) is 13.0 Å². The van der Waals surface area contributed by atoms with Crippen LogP contribution in [0.1, 0.15) is 59.8 Å². The molecule has 4 saturated carbocycles. The van der Waals surface area contributed by atoms with Crippen LogP contribution in [0.25, 0.3) is 0 Å². The molecule has 1 nitrogen and oxygen atoms in total. The first kappa shape index (κ1) is 10.5. The van der Waals surface area contributed by atoms with Crippen LogP contribution >= 0.6 is 0 Å². The van der Waals surface area contributed by atoms with Crippen LogP contribution in [-0.2, 0) is 0 Å². The summed E-state index contributed by atoms with van der Waals surface area (Å²) in [6.45, 7) is 4.94. The van der Waals surface area contributed by atoms with E-state index in [0.29, 0.717) is 10.8 Å². The van der Waals surface area contributed by atoms with E-state index in [1.165, 1.54) is 38.5 Å². The van der Waals surface area contributed by atoms with Crippen molar-refractivity contribution >= 4 is 0 Å². The SMILES string of the molecule is C.CC12CC3CC(C)(C1)CC(N)(C3)C2. The van der Waals surface area contributed by atoms with E-state index >= 15 is 0 Å². The zero-order valence-corrected chi connectivity index (χ0v) is 8.90. The molecule has 0 aliphatic heterocycles. The molecule has 4 aliphatic rings. The van der Waals surface area contributed by atoms with Gasteiger partial charge in [0, 0.05) is 5.54 Å². The summed E-state index contributed by atoms with van der Waals surface area (Å²) in [4.78, 5) is 0. The molecule has 4 fully saturated rings. The predicted octanol–water partition coefficient (Wildman–Crippen LogP) is 3.33. The molecule has 2 N–H and O–H groups in total. The zero-order chi connectivity index (χ0) is 9.32. The molecule has 4 rings (SSSR count). The molecule has 0 aromatic rings. The van der Waals surface area contributed by atoms with Crippen LogP contribution in [0.5, 0.6) is 0 Å². The van der Waals surface area contributed by atoms with Crippen molar-refractivity contribution in [3.05, 3.63) is 0 Å². The number of nitrogens with two attached hydrogens (primary N) is 1. The summed E-state index contributed by atoms with van der Waals surface area (Å²) in [5.74, 6) is 0.955. The second-order valence-corrected chi connectivity index (χ2v) is 6.99. The molecule has 4 bridgehead atoms. The molecule has 2 atom stereocenters. The average Bonchev–Trinajstić information content (AvgIpc) is 1.71. The first-order chi connectivity index (χ1) is 5.91. The van der Waals surface area contributed by atoms with Crippen LogP contribution in [-0.4, -0.2) is 5.54 Å². The fraction of sp³-hybridized carbons (Fsp3) is 1.00. The minimum Gasteiger partial charge on any atom is -0.325 e. The van der Waals surface area contributed by atoms with Crippen molar-refractivity contribution in [3.8, 4) is 0 Å². The largest absolute Gasteiger partial charge is 0.325 e. The van der Waals surface area contributed by atoms with Crippen LogP contribution in [0.3, 0.4) is 0 Å². The van der Waals surface area contributed by atoms with E-state index in [1.54, 1.807) is 0 Å². The maximum atomic E-state index is 6.49. The van der Waals surface area contributed by atoms with E-state index in [1.807, 2.05) is 0 Å². The Labute approximate surface area is 88.4 Å². The Morgan fingerprint density at radius 2 is 1.43 bits per heavy atom. The van der Waals surface area contributed by atoms with Crippen LogP contribution in [0.4, 0.5) is 0 Å². The van der Waals surface area contributed by atoms with E-state index in [0.717, 1.165) is 5.92 Å². The molecule has 82 valence electrons. The van der Waals surface area contributed by atoms with Gasteiger partial charge in [0.25, 0.3) is 0 Å². The second-order valence-electron chi connectivity index (χ2n) is 6.99. The molecule has 0 heterocycles. The standard InChI is InChI=1S/C12H21N.CH4/c1-10-3-9-4-11(2,6-10)8-12(13,5-9)7-10;/h9H,3-8,13H2,1-2H3;1H4. The Morgan fingerprint density at radius 1 is 0.929 bits per heavy atom. The van der Waals surface area contributed by atoms with Crippen LogP contribution in [0.15, 0.2) is 0 Å². The van der Waals surface area contributed by atoms with Gasteiger partial charge in [0.15, 0.2) is 0 Å². The Balaban J connectivity index is 0.000000750. The summed E-state index contributed by atoms with van der Waals surface area (Å²) >= 11 is 0. The zero-order valence-electron chi connectivity index (χ0n) is 8.90. The third kappa shape index (κ3) is 1.32. The van der Waals surface area contributed by atoms with Crippen molar-refractivity contribution in [2.75, 3.05) is 0 Å². The van der Waals surface area contributed by atoms with E-state index in [9.17, 15) is 0 Å². The van der Waals surface area contributed by atoms with Crippen molar-refractivity contribution in [1.29, 1.82) is 0 Å². The predicted molar refractivity (Wildman–Crippen MR) is 61.1 cm³/mol. The van der Waals surface area contributed by atoms with Crippen molar-refractivity contribution in [2.45, 2.75) is 65.3 Å². The summed E-state index contributed by atoms with van der Waals surface area (Å²) < 4.78 is 0. The second kappa shape index (κ2) is 2.55. The average molecular weight is 195 g/mol. The van der Waals surface area contributed by atoms with Gasteiger partial charge in [-0.2, -0.15) is 0 Å². The molecule has 1 heteroatoms. The van der Waals surface area contributed by atoms with Crippen LogP contribution in [0.2, 0.25) is 0 Å². The fourth-order valence-electron chi connectivity index (χ4n) is 5.54. The number of hydrogen-bond acceptors (Lipinski definition) is 1. The third-order valence-corrected chi connectivity index (χ3v) is 4.67. The summed E-state index contributed by atoms with van der Waals surface area (Å²) in [6.07, 6.45) is 8.27. The minimum absolute atomic E-state index is 0.